The number of piperazine rings is 1. The third-order valence-corrected chi connectivity index (χ3v) is 5.79. The Morgan fingerprint density at radius 2 is 1.88 bits per heavy atom. The predicted molar refractivity (Wildman–Crippen MR) is 146 cm³/mol. The van der Waals surface area contributed by atoms with Crippen LogP contribution in [0.4, 0.5) is 5.95 Å². The molecule has 3 heterocycles. The van der Waals surface area contributed by atoms with E-state index in [1.807, 2.05) is 18.5 Å². The first-order valence-corrected chi connectivity index (χ1v) is 12.2. The first-order valence-electron chi connectivity index (χ1n) is 12.2. The lowest BCUT2D eigenvalue weighted by Gasteiger charge is -2.34. The van der Waals surface area contributed by atoms with E-state index in [9.17, 15) is 0 Å². The van der Waals surface area contributed by atoms with Crippen LogP contribution in [-0.4, -0.2) is 110 Å². The van der Waals surface area contributed by atoms with Crippen LogP contribution in [-0.2, 0) is 4.74 Å². The highest BCUT2D eigenvalue weighted by atomic mass is 127. The molecule has 0 aromatic carbocycles. The van der Waals surface area contributed by atoms with E-state index in [1.54, 1.807) is 0 Å². The van der Waals surface area contributed by atoms with Crippen LogP contribution in [0, 0.1) is 5.92 Å². The molecule has 188 valence electrons. The second kappa shape index (κ2) is 15.6. The van der Waals surface area contributed by atoms with Gasteiger partial charge in [-0.2, -0.15) is 0 Å². The van der Waals surface area contributed by atoms with Crippen molar-refractivity contribution in [3.63, 3.8) is 0 Å². The van der Waals surface area contributed by atoms with Crippen LogP contribution in [0.3, 0.4) is 0 Å². The highest BCUT2D eigenvalue weighted by Gasteiger charge is 2.21. The highest BCUT2D eigenvalue weighted by molar-refractivity contribution is 14.0. The Balaban J connectivity index is 0.00000385. The molecule has 10 heteroatoms. The fraction of sp³-hybridized carbons (Fsp3) is 0.783. The lowest BCUT2D eigenvalue weighted by atomic mass is 10.2. The molecule has 0 spiro atoms. The number of hydrogen-bond acceptors (Lipinski definition) is 7. The lowest BCUT2D eigenvalue weighted by molar-refractivity contribution is -0.0261. The maximum atomic E-state index is 5.94. The van der Waals surface area contributed by atoms with E-state index in [0.29, 0.717) is 12.5 Å². The molecule has 1 aromatic heterocycles. The summed E-state index contributed by atoms with van der Waals surface area (Å²) in [4.78, 5) is 20.8. The van der Waals surface area contributed by atoms with Crippen LogP contribution in [0.2, 0.25) is 0 Å². The molecule has 0 saturated carbocycles. The van der Waals surface area contributed by atoms with E-state index >= 15 is 0 Å². The number of anilines is 1. The molecule has 0 aliphatic carbocycles. The Labute approximate surface area is 216 Å². The molecule has 0 amide bonds. The third kappa shape index (κ3) is 10.3. The van der Waals surface area contributed by atoms with Gasteiger partial charge in [0.2, 0.25) is 5.95 Å². The van der Waals surface area contributed by atoms with Crippen LogP contribution in [0.15, 0.2) is 23.5 Å². The summed E-state index contributed by atoms with van der Waals surface area (Å²) in [5, 5.41) is 6.85. The van der Waals surface area contributed by atoms with E-state index in [2.05, 4.69) is 56.1 Å². The number of halogens is 1. The summed E-state index contributed by atoms with van der Waals surface area (Å²) >= 11 is 0. The van der Waals surface area contributed by atoms with E-state index in [1.165, 1.54) is 0 Å². The topological polar surface area (TPSA) is 81.2 Å². The molecule has 2 saturated heterocycles. The van der Waals surface area contributed by atoms with Crippen LogP contribution in [0.5, 0.6) is 0 Å². The molecular formula is C23H43IN8O. The molecule has 1 atom stereocenters. The summed E-state index contributed by atoms with van der Waals surface area (Å²) in [7, 11) is 0. The Morgan fingerprint density at radius 3 is 2.58 bits per heavy atom. The van der Waals surface area contributed by atoms with Crippen molar-refractivity contribution in [2.75, 3.05) is 83.5 Å². The number of nitrogens with one attached hydrogen (secondary N) is 2. The molecule has 2 N–H and O–H groups in total. The van der Waals surface area contributed by atoms with E-state index < -0.39 is 0 Å². The van der Waals surface area contributed by atoms with Crippen LogP contribution in [0.1, 0.15) is 27.2 Å². The van der Waals surface area contributed by atoms with Crippen molar-refractivity contribution < 1.29 is 4.74 Å². The Bertz CT molecular complexity index is 670. The SMILES string of the molecule is CCNC(=NCC1CN(CC(C)C)CCO1)NCCCN1CCN(c2ncccn2)CC1.I. The summed E-state index contributed by atoms with van der Waals surface area (Å²) in [5.74, 6) is 2.42. The number of hydrogen-bond donors (Lipinski definition) is 2. The van der Waals surface area contributed by atoms with Crippen LogP contribution >= 0.6 is 24.0 Å². The van der Waals surface area contributed by atoms with Crippen molar-refractivity contribution in [3.05, 3.63) is 18.5 Å². The second-order valence-electron chi connectivity index (χ2n) is 9.02. The maximum Gasteiger partial charge on any atom is 0.225 e. The maximum absolute atomic E-state index is 5.94. The number of aliphatic imine (C=N–C) groups is 1. The van der Waals surface area contributed by atoms with Gasteiger partial charge in [0.05, 0.1) is 19.3 Å². The van der Waals surface area contributed by atoms with Crippen molar-refractivity contribution >= 4 is 35.9 Å². The minimum atomic E-state index is 0. The normalized spacial score (nSPS) is 20.5. The Morgan fingerprint density at radius 1 is 1.12 bits per heavy atom. The summed E-state index contributed by atoms with van der Waals surface area (Å²) in [6.07, 6.45) is 4.90. The summed E-state index contributed by atoms with van der Waals surface area (Å²) in [6, 6.07) is 1.86. The monoisotopic (exact) mass is 574 g/mol. The number of rotatable bonds is 10. The van der Waals surface area contributed by atoms with Gasteiger partial charge in [0.1, 0.15) is 0 Å². The average Bonchev–Trinajstić information content (AvgIpc) is 2.81. The zero-order valence-electron chi connectivity index (χ0n) is 20.6. The second-order valence-corrected chi connectivity index (χ2v) is 9.02. The van der Waals surface area contributed by atoms with Crippen LogP contribution < -0.4 is 15.5 Å². The van der Waals surface area contributed by atoms with E-state index in [0.717, 1.165) is 90.4 Å². The smallest absolute Gasteiger partial charge is 0.225 e. The van der Waals surface area contributed by atoms with Crippen molar-refractivity contribution in [1.82, 2.24) is 30.4 Å². The Hall–Kier alpha value is -1.24. The van der Waals surface area contributed by atoms with Crippen molar-refractivity contribution in [3.8, 4) is 0 Å². The number of aromatic nitrogens is 2. The molecular weight excluding hydrogens is 531 g/mol. The fourth-order valence-electron chi connectivity index (χ4n) is 4.24. The van der Waals surface area contributed by atoms with Gasteiger partial charge in [-0.1, -0.05) is 13.8 Å². The van der Waals surface area contributed by atoms with Gasteiger partial charge in [-0.25, -0.2) is 9.97 Å². The first kappa shape index (κ1) is 28.0. The number of ether oxygens (including phenoxy) is 1. The van der Waals surface area contributed by atoms with E-state index in [-0.39, 0.29) is 30.1 Å². The van der Waals surface area contributed by atoms with Gasteiger partial charge in [0, 0.05) is 71.3 Å². The lowest BCUT2D eigenvalue weighted by Crippen LogP contribution is -2.48. The average molecular weight is 575 g/mol. The molecule has 2 aliphatic rings. The van der Waals surface area contributed by atoms with Gasteiger partial charge in [0.25, 0.3) is 0 Å². The van der Waals surface area contributed by atoms with Crippen LogP contribution in [0.25, 0.3) is 0 Å². The Kier molecular flexibility index (Phi) is 13.3. The molecule has 3 rings (SSSR count). The van der Waals surface area contributed by atoms with Gasteiger partial charge in [0.15, 0.2) is 5.96 Å². The first-order chi connectivity index (χ1) is 15.6. The van der Waals surface area contributed by atoms with Gasteiger partial charge < -0.3 is 20.3 Å². The molecule has 2 aliphatic heterocycles. The number of nitrogens with zero attached hydrogens (tertiary/aromatic N) is 6. The van der Waals surface area contributed by atoms with Crippen molar-refractivity contribution in [2.24, 2.45) is 10.9 Å². The standard InChI is InChI=1S/C23H42N8O.HI/c1-4-24-22(28-17-21-19-30(15-16-32-21)18-20(2)3)25-9-6-10-29-11-13-31(14-12-29)23-26-7-5-8-27-23;/h5,7-8,20-21H,4,6,9-19H2,1-3H3,(H2,24,25,28);1H. The number of morpholine rings is 1. The molecule has 33 heavy (non-hydrogen) atoms. The molecule has 0 bridgehead atoms. The molecule has 2 fully saturated rings. The summed E-state index contributed by atoms with van der Waals surface area (Å²) in [6.45, 7) is 18.2. The minimum Gasteiger partial charge on any atom is -0.374 e. The quantitative estimate of drug-likeness (QED) is 0.189. The molecule has 0 radical (unpaired) electrons. The van der Waals surface area contributed by atoms with Crippen molar-refractivity contribution in [1.29, 1.82) is 0 Å². The minimum absolute atomic E-state index is 0. The fourth-order valence-corrected chi connectivity index (χ4v) is 4.24. The van der Waals surface area contributed by atoms with Gasteiger partial charge in [-0.05, 0) is 31.9 Å². The zero-order chi connectivity index (χ0) is 22.6. The van der Waals surface area contributed by atoms with E-state index in [4.69, 9.17) is 9.73 Å². The van der Waals surface area contributed by atoms with Gasteiger partial charge in [-0.15, -0.1) is 24.0 Å². The van der Waals surface area contributed by atoms with Gasteiger partial charge in [-0.3, -0.25) is 14.8 Å². The molecule has 9 nitrogen and oxygen atoms in total. The zero-order valence-corrected chi connectivity index (χ0v) is 22.9. The van der Waals surface area contributed by atoms with Crippen molar-refractivity contribution in [2.45, 2.75) is 33.3 Å². The third-order valence-electron chi connectivity index (χ3n) is 5.79. The summed E-state index contributed by atoms with van der Waals surface area (Å²) < 4.78 is 5.94. The summed E-state index contributed by atoms with van der Waals surface area (Å²) in [5.41, 5.74) is 0. The number of guanidine groups is 1. The predicted octanol–water partition coefficient (Wildman–Crippen LogP) is 1.52. The van der Waals surface area contributed by atoms with Gasteiger partial charge >= 0.3 is 0 Å². The highest BCUT2D eigenvalue weighted by Crippen LogP contribution is 2.10. The molecule has 1 aromatic rings. The largest absolute Gasteiger partial charge is 0.374 e. The molecule has 1 unspecified atom stereocenters.